The van der Waals surface area contributed by atoms with E-state index in [4.69, 9.17) is 5.73 Å². The van der Waals surface area contributed by atoms with Gasteiger partial charge in [0.1, 0.15) is 5.82 Å². The van der Waals surface area contributed by atoms with Crippen LogP contribution in [0, 0.1) is 17.7 Å². The van der Waals surface area contributed by atoms with Gasteiger partial charge in [0.25, 0.3) is 0 Å². The van der Waals surface area contributed by atoms with Crippen molar-refractivity contribution in [3.63, 3.8) is 0 Å². The Kier molecular flexibility index (Phi) is 5.76. The van der Waals surface area contributed by atoms with Gasteiger partial charge >= 0.3 is 0 Å². The summed E-state index contributed by atoms with van der Waals surface area (Å²) >= 11 is 0. The molecule has 1 aliphatic carbocycles. The highest BCUT2D eigenvalue weighted by Crippen LogP contribution is 2.47. The Morgan fingerprint density at radius 2 is 2.11 bits per heavy atom. The molecular formula is C14H20ClFN2O. The minimum atomic E-state index is -0.239. The summed E-state index contributed by atoms with van der Waals surface area (Å²) in [6, 6.07) is 6.41. The van der Waals surface area contributed by atoms with E-state index >= 15 is 0 Å². The summed E-state index contributed by atoms with van der Waals surface area (Å²) in [6.45, 7) is 3.21. The van der Waals surface area contributed by atoms with Crippen molar-refractivity contribution in [2.24, 2.45) is 17.6 Å². The van der Waals surface area contributed by atoms with Crippen molar-refractivity contribution in [2.45, 2.75) is 19.3 Å². The van der Waals surface area contributed by atoms with Crippen LogP contribution >= 0.6 is 12.4 Å². The van der Waals surface area contributed by atoms with Gasteiger partial charge in [-0.05, 0) is 42.5 Å². The lowest BCUT2D eigenvalue weighted by Crippen LogP contribution is -2.32. The van der Waals surface area contributed by atoms with E-state index in [9.17, 15) is 9.18 Å². The van der Waals surface area contributed by atoms with E-state index in [0.717, 1.165) is 12.0 Å². The summed E-state index contributed by atoms with van der Waals surface area (Å²) in [7, 11) is 0. The molecule has 1 saturated carbocycles. The lowest BCUT2D eigenvalue weighted by atomic mass is 10.1. The van der Waals surface area contributed by atoms with Crippen LogP contribution < -0.4 is 11.1 Å². The molecule has 0 radical (unpaired) electrons. The van der Waals surface area contributed by atoms with Gasteiger partial charge in [0.05, 0.1) is 0 Å². The Hall–Kier alpha value is -1.13. The van der Waals surface area contributed by atoms with Crippen LogP contribution in [0.4, 0.5) is 4.39 Å². The SMILES string of the molecule is CC(CN)CNC(=O)C1CC1c1ccc(F)cc1.Cl. The Morgan fingerprint density at radius 1 is 1.47 bits per heavy atom. The Balaban J connectivity index is 0.00000180. The first kappa shape index (κ1) is 15.9. The van der Waals surface area contributed by atoms with Crippen LogP contribution in [-0.4, -0.2) is 19.0 Å². The number of amides is 1. The third kappa shape index (κ3) is 4.18. The molecule has 0 bridgehead atoms. The number of rotatable bonds is 5. The first-order valence-corrected chi connectivity index (χ1v) is 6.35. The largest absolute Gasteiger partial charge is 0.356 e. The number of carbonyl (C=O) groups is 1. The average molecular weight is 287 g/mol. The van der Waals surface area contributed by atoms with E-state index in [1.54, 1.807) is 12.1 Å². The zero-order valence-electron chi connectivity index (χ0n) is 10.9. The average Bonchev–Trinajstić information content (AvgIpc) is 3.16. The van der Waals surface area contributed by atoms with Gasteiger partial charge in [-0.1, -0.05) is 19.1 Å². The van der Waals surface area contributed by atoms with Gasteiger partial charge in [-0.2, -0.15) is 0 Å². The van der Waals surface area contributed by atoms with Gasteiger partial charge < -0.3 is 11.1 Å². The van der Waals surface area contributed by atoms with Gasteiger partial charge in [0.15, 0.2) is 0 Å². The quantitative estimate of drug-likeness (QED) is 0.870. The van der Waals surface area contributed by atoms with E-state index in [2.05, 4.69) is 5.32 Å². The van der Waals surface area contributed by atoms with Crippen molar-refractivity contribution in [1.29, 1.82) is 0 Å². The Morgan fingerprint density at radius 3 is 2.68 bits per heavy atom. The molecular weight excluding hydrogens is 267 g/mol. The van der Waals surface area contributed by atoms with Crippen molar-refractivity contribution in [3.8, 4) is 0 Å². The van der Waals surface area contributed by atoms with Crippen LogP contribution in [0.3, 0.4) is 0 Å². The van der Waals surface area contributed by atoms with E-state index in [0.29, 0.717) is 19.0 Å². The maximum absolute atomic E-state index is 12.8. The topological polar surface area (TPSA) is 55.1 Å². The fraction of sp³-hybridized carbons (Fsp3) is 0.500. The van der Waals surface area contributed by atoms with Gasteiger partial charge in [-0.25, -0.2) is 4.39 Å². The molecule has 1 aromatic carbocycles. The highest BCUT2D eigenvalue weighted by atomic mass is 35.5. The molecule has 1 aliphatic rings. The van der Waals surface area contributed by atoms with Crippen LogP contribution in [0.5, 0.6) is 0 Å². The maximum Gasteiger partial charge on any atom is 0.223 e. The summed E-state index contributed by atoms with van der Waals surface area (Å²) in [5.41, 5.74) is 6.54. The van der Waals surface area contributed by atoms with Gasteiger partial charge in [-0.15, -0.1) is 12.4 Å². The van der Waals surface area contributed by atoms with Crippen molar-refractivity contribution < 1.29 is 9.18 Å². The molecule has 3 N–H and O–H groups in total. The van der Waals surface area contributed by atoms with E-state index < -0.39 is 0 Å². The maximum atomic E-state index is 12.8. The highest BCUT2D eigenvalue weighted by molar-refractivity contribution is 5.85. The number of nitrogens with one attached hydrogen (secondary N) is 1. The van der Waals surface area contributed by atoms with Crippen molar-refractivity contribution in [3.05, 3.63) is 35.6 Å². The summed E-state index contributed by atoms with van der Waals surface area (Å²) < 4.78 is 12.8. The van der Waals surface area contributed by atoms with Crippen LogP contribution in [-0.2, 0) is 4.79 Å². The molecule has 0 aromatic heterocycles. The number of benzene rings is 1. The van der Waals surface area contributed by atoms with Crippen LogP contribution in [0.25, 0.3) is 0 Å². The van der Waals surface area contributed by atoms with Crippen molar-refractivity contribution in [1.82, 2.24) is 5.32 Å². The zero-order chi connectivity index (χ0) is 13.1. The summed E-state index contributed by atoms with van der Waals surface area (Å²) in [5.74, 6) is 0.443. The Bertz CT molecular complexity index is 424. The molecule has 3 unspecified atom stereocenters. The second-order valence-electron chi connectivity index (χ2n) is 5.09. The van der Waals surface area contributed by atoms with Crippen molar-refractivity contribution >= 4 is 18.3 Å². The molecule has 106 valence electrons. The summed E-state index contributed by atoms with van der Waals surface area (Å²) in [4.78, 5) is 11.9. The standard InChI is InChI=1S/C14H19FN2O.ClH/c1-9(7-16)8-17-14(18)13-6-12(13)10-2-4-11(15)5-3-10;/h2-5,9,12-13H,6-8,16H2,1H3,(H,17,18);1H. The predicted octanol–water partition coefficient (Wildman–Crippen LogP) is 2.06. The lowest BCUT2D eigenvalue weighted by Gasteiger charge is -2.09. The highest BCUT2D eigenvalue weighted by Gasteiger charge is 2.43. The van der Waals surface area contributed by atoms with E-state index in [1.807, 2.05) is 6.92 Å². The van der Waals surface area contributed by atoms with E-state index in [-0.39, 0.29) is 36.0 Å². The molecule has 1 fully saturated rings. The van der Waals surface area contributed by atoms with Crippen LogP contribution in [0.15, 0.2) is 24.3 Å². The molecule has 0 aliphatic heterocycles. The molecule has 1 aromatic rings. The second-order valence-corrected chi connectivity index (χ2v) is 5.09. The Labute approximate surface area is 119 Å². The third-order valence-corrected chi connectivity index (χ3v) is 3.45. The number of halogens is 2. The van der Waals surface area contributed by atoms with Gasteiger partial charge in [-0.3, -0.25) is 4.79 Å². The smallest absolute Gasteiger partial charge is 0.223 e. The van der Waals surface area contributed by atoms with Crippen LogP contribution in [0.2, 0.25) is 0 Å². The zero-order valence-corrected chi connectivity index (χ0v) is 11.8. The molecule has 0 saturated heterocycles. The molecule has 0 heterocycles. The molecule has 19 heavy (non-hydrogen) atoms. The van der Waals surface area contributed by atoms with Crippen LogP contribution in [0.1, 0.15) is 24.8 Å². The molecule has 3 nitrogen and oxygen atoms in total. The van der Waals surface area contributed by atoms with Gasteiger partial charge in [0, 0.05) is 12.5 Å². The molecule has 3 atom stereocenters. The lowest BCUT2D eigenvalue weighted by molar-refractivity contribution is -0.122. The number of carbonyl (C=O) groups excluding carboxylic acids is 1. The molecule has 1 amide bonds. The fourth-order valence-electron chi connectivity index (χ4n) is 2.05. The minimum Gasteiger partial charge on any atom is -0.356 e. The summed E-state index contributed by atoms with van der Waals surface area (Å²) in [6.07, 6.45) is 0.856. The second kappa shape index (κ2) is 6.87. The monoisotopic (exact) mass is 286 g/mol. The number of nitrogens with two attached hydrogens (primary N) is 1. The number of hydrogen-bond donors (Lipinski definition) is 2. The summed E-state index contributed by atoms with van der Waals surface area (Å²) in [5, 5.41) is 2.91. The third-order valence-electron chi connectivity index (χ3n) is 3.45. The van der Waals surface area contributed by atoms with Crippen molar-refractivity contribution in [2.75, 3.05) is 13.1 Å². The van der Waals surface area contributed by atoms with E-state index in [1.165, 1.54) is 12.1 Å². The fourth-order valence-corrected chi connectivity index (χ4v) is 2.05. The predicted molar refractivity (Wildman–Crippen MR) is 75.7 cm³/mol. The number of hydrogen-bond acceptors (Lipinski definition) is 2. The molecule has 2 rings (SSSR count). The minimum absolute atomic E-state index is 0. The molecule has 0 spiro atoms. The normalized spacial score (nSPS) is 22.3. The first-order chi connectivity index (χ1) is 8.61. The first-order valence-electron chi connectivity index (χ1n) is 6.35. The van der Waals surface area contributed by atoms with Gasteiger partial charge in [0.2, 0.25) is 5.91 Å². The molecule has 5 heteroatoms.